The van der Waals surface area contributed by atoms with Gasteiger partial charge >= 0.3 is 0 Å². The van der Waals surface area contributed by atoms with E-state index in [1.165, 1.54) is 24.3 Å². The molecule has 142 valence electrons. The van der Waals surface area contributed by atoms with Crippen LogP contribution in [0.3, 0.4) is 0 Å². The Balaban J connectivity index is 1.52. The van der Waals surface area contributed by atoms with E-state index in [-0.39, 0.29) is 22.9 Å². The Labute approximate surface area is 163 Å². The number of rotatable bonds is 7. The third-order valence-corrected chi connectivity index (χ3v) is 4.93. The molecule has 0 radical (unpaired) electrons. The number of carbonyl (C=O) groups excluding carboxylic acids is 1. The van der Waals surface area contributed by atoms with Crippen molar-refractivity contribution in [2.24, 2.45) is 5.92 Å². The Hall–Kier alpha value is -2.47. The number of nitrogens with zero attached hydrogens (tertiary/aromatic N) is 2. The molecule has 0 saturated carbocycles. The van der Waals surface area contributed by atoms with Crippen LogP contribution in [-0.2, 0) is 17.6 Å². The second-order valence-corrected chi connectivity index (χ2v) is 7.01. The molecule has 1 amide bonds. The molecular weight excluding hydrogens is 367 g/mol. The quantitative estimate of drug-likeness (QED) is 0.545. The van der Waals surface area contributed by atoms with Crippen molar-refractivity contribution in [1.82, 2.24) is 9.97 Å². The lowest BCUT2D eigenvalue weighted by molar-refractivity contribution is -0.118. The zero-order chi connectivity index (χ0) is 19.4. The predicted molar refractivity (Wildman–Crippen MR) is 106 cm³/mol. The number of aromatic nitrogens is 2. The van der Waals surface area contributed by atoms with Crippen LogP contribution in [0.4, 0.5) is 15.9 Å². The van der Waals surface area contributed by atoms with Gasteiger partial charge in [-0.1, -0.05) is 12.2 Å². The highest BCUT2D eigenvalue weighted by Gasteiger charge is 2.20. The molecule has 2 N–H and O–H groups in total. The normalized spacial score (nSPS) is 13.7. The van der Waals surface area contributed by atoms with Crippen molar-refractivity contribution in [3.63, 3.8) is 0 Å². The average molecular weight is 389 g/mol. The van der Waals surface area contributed by atoms with Gasteiger partial charge in [-0.05, 0) is 68.5 Å². The molecule has 1 atom stereocenters. The molecule has 2 aromatic rings. The van der Waals surface area contributed by atoms with Crippen molar-refractivity contribution in [3.05, 3.63) is 58.8 Å². The van der Waals surface area contributed by atoms with Crippen LogP contribution in [0.2, 0.25) is 5.28 Å². The van der Waals surface area contributed by atoms with Crippen LogP contribution >= 0.6 is 11.6 Å². The Bertz CT molecular complexity index is 854. The van der Waals surface area contributed by atoms with Crippen LogP contribution in [0.15, 0.2) is 36.4 Å². The minimum atomic E-state index is -0.364. The van der Waals surface area contributed by atoms with Crippen molar-refractivity contribution in [2.45, 2.75) is 32.6 Å². The van der Waals surface area contributed by atoms with E-state index in [4.69, 9.17) is 11.6 Å². The minimum Gasteiger partial charge on any atom is -0.369 e. The van der Waals surface area contributed by atoms with Gasteiger partial charge in [0.15, 0.2) is 0 Å². The van der Waals surface area contributed by atoms with Crippen LogP contribution in [-0.4, -0.2) is 22.4 Å². The molecule has 3 rings (SSSR count). The van der Waals surface area contributed by atoms with Gasteiger partial charge < -0.3 is 10.6 Å². The Morgan fingerprint density at radius 3 is 2.78 bits per heavy atom. The van der Waals surface area contributed by atoms with E-state index in [0.29, 0.717) is 18.7 Å². The maximum absolute atomic E-state index is 12.9. The number of anilines is 2. The first-order valence-corrected chi connectivity index (χ1v) is 9.35. The van der Waals surface area contributed by atoms with E-state index in [1.807, 2.05) is 0 Å². The summed E-state index contributed by atoms with van der Waals surface area (Å²) in [5.74, 6) is -0.0966. The zero-order valence-electron chi connectivity index (χ0n) is 15.2. The SMILES string of the molecule is C=C(CCNc1nc(Cl)nc2c1CCC2)C(C)C(=O)Nc1ccc(F)cc1. The van der Waals surface area contributed by atoms with Gasteiger partial charge in [-0.2, -0.15) is 0 Å². The van der Waals surface area contributed by atoms with Crippen LogP contribution in [0, 0.1) is 11.7 Å². The lowest BCUT2D eigenvalue weighted by atomic mass is 9.98. The van der Waals surface area contributed by atoms with Gasteiger partial charge in [-0.25, -0.2) is 14.4 Å². The lowest BCUT2D eigenvalue weighted by Gasteiger charge is -2.16. The number of fused-ring (bicyclic) bond motifs is 1. The van der Waals surface area contributed by atoms with Gasteiger partial charge in [-0.15, -0.1) is 0 Å². The summed E-state index contributed by atoms with van der Waals surface area (Å²) in [5.41, 5.74) is 3.51. The van der Waals surface area contributed by atoms with Crippen molar-refractivity contribution in [3.8, 4) is 0 Å². The molecule has 1 aliphatic rings. The van der Waals surface area contributed by atoms with Crippen LogP contribution in [0.5, 0.6) is 0 Å². The summed E-state index contributed by atoms with van der Waals surface area (Å²) in [6.45, 7) is 6.44. The largest absolute Gasteiger partial charge is 0.369 e. The van der Waals surface area contributed by atoms with Gasteiger partial charge in [0.2, 0.25) is 11.2 Å². The molecule has 27 heavy (non-hydrogen) atoms. The van der Waals surface area contributed by atoms with E-state index in [9.17, 15) is 9.18 Å². The molecule has 0 spiro atoms. The summed E-state index contributed by atoms with van der Waals surface area (Å²) < 4.78 is 12.9. The topological polar surface area (TPSA) is 66.9 Å². The molecule has 0 aliphatic heterocycles. The van der Waals surface area contributed by atoms with E-state index in [1.54, 1.807) is 6.92 Å². The molecule has 1 aromatic heterocycles. The highest BCUT2D eigenvalue weighted by molar-refractivity contribution is 6.28. The maximum Gasteiger partial charge on any atom is 0.231 e. The van der Waals surface area contributed by atoms with E-state index in [0.717, 1.165) is 41.9 Å². The number of hydrogen-bond donors (Lipinski definition) is 2. The molecule has 1 aliphatic carbocycles. The highest BCUT2D eigenvalue weighted by Crippen LogP contribution is 2.27. The fourth-order valence-electron chi connectivity index (χ4n) is 3.08. The second kappa shape index (κ2) is 8.48. The molecule has 1 heterocycles. The zero-order valence-corrected chi connectivity index (χ0v) is 15.9. The van der Waals surface area contributed by atoms with Crippen molar-refractivity contribution < 1.29 is 9.18 Å². The van der Waals surface area contributed by atoms with Crippen molar-refractivity contribution in [2.75, 3.05) is 17.2 Å². The molecular formula is C20H22ClFN4O. The number of carbonyl (C=O) groups is 1. The van der Waals surface area contributed by atoms with E-state index in [2.05, 4.69) is 27.2 Å². The van der Waals surface area contributed by atoms with Gasteiger partial charge in [0.25, 0.3) is 0 Å². The molecule has 5 nitrogen and oxygen atoms in total. The average Bonchev–Trinajstić information content (AvgIpc) is 3.11. The van der Waals surface area contributed by atoms with Crippen molar-refractivity contribution in [1.29, 1.82) is 0 Å². The summed E-state index contributed by atoms with van der Waals surface area (Å²) in [5, 5.41) is 6.32. The predicted octanol–water partition coefficient (Wildman–Crippen LogP) is 4.39. The van der Waals surface area contributed by atoms with Gasteiger partial charge in [0.1, 0.15) is 11.6 Å². The van der Waals surface area contributed by atoms with Crippen molar-refractivity contribution >= 4 is 29.0 Å². The number of hydrogen-bond acceptors (Lipinski definition) is 4. The van der Waals surface area contributed by atoms with E-state index < -0.39 is 0 Å². The second-order valence-electron chi connectivity index (χ2n) is 6.67. The summed E-state index contributed by atoms with van der Waals surface area (Å²) in [6, 6.07) is 5.68. The van der Waals surface area contributed by atoms with Gasteiger partial charge in [0.05, 0.1) is 11.6 Å². The van der Waals surface area contributed by atoms with Gasteiger partial charge in [0, 0.05) is 17.8 Å². The first-order valence-electron chi connectivity index (χ1n) is 8.97. The summed E-state index contributed by atoms with van der Waals surface area (Å²) in [7, 11) is 0. The highest BCUT2D eigenvalue weighted by atomic mass is 35.5. The third-order valence-electron chi connectivity index (χ3n) is 4.76. The number of nitrogens with one attached hydrogen (secondary N) is 2. The fraction of sp³-hybridized carbons (Fsp3) is 0.350. The van der Waals surface area contributed by atoms with Crippen LogP contribution in [0.1, 0.15) is 31.0 Å². The lowest BCUT2D eigenvalue weighted by Crippen LogP contribution is -2.22. The summed E-state index contributed by atoms with van der Waals surface area (Å²) in [6.07, 6.45) is 3.56. The number of aryl methyl sites for hydroxylation is 1. The minimum absolute atomic E-state index is 0.169. The standard InChI is InChI=1S/C20H22ClFN4O/c1-12(13(2)19(27)24-15-8-6-14(22)7-9-15)10-11-23-18-16-4-3-5-17(16)25-20(21)26-18/h6-9,13H,1,3-5,10-11H2,2H3,(H,24,27)(H,23,25,26). The third kappa shape index (κ3) is 4.83. The number of halogens is 2. The summed E-state index contributed by atoms with van der Waals surface area (Å²) in [4.78, 5) is 20.9. The fourth-order valence-corrected chi connectivity index (χ4v) is 3.26. The maximum atomic E-state index is 12.9. The first kappa shape index (κ1) is 19.3. The molecule has 0 bridgehead atoms. The molecule has 1 aromatic carbocycles. The molecule has 1 unspecified atom stereocenters. The smallest absolute Gasteiger partial charge is 0.231 e. The summed E-state index contributed by atoms with van der Waals surface area (Å²) >= 11 is 5.99. The number of benzene rings is 1. The molecule has 0 fully saturated rings. The Kier molecular flexibility index (Phi) is 6.06. The van der Waals surface area contributed by atoms with Gasteiger partial charge in [-0.3, -0.25) is 4.79 Å². The number of amides is 1. The Morgan fingerprint density at radius 2 is 2.04 bits per heavy atom. The monoisotopic (exact) mass is 388 g/mol. The molecule has 0 saturated heterocycles. The Morgan fingerprint density at radius 1 is 1.30 bits per heavy atom. The van der Waals surface area contributed by atoms with E-state index >= 15 is 0 Å². The van der Waals surface area contributed by atoms with Crippen LogP contribution < -0.4 is 10.6 Å². The molecule has 7 heteroatoms. The van der Waals surface area contributed by atoms with Crippen LogP contribution in [0.25, 0.3) is 0 Å². The first-order chi connectivity index (χ1) is 12.9.